The minimum atomic E-state index is -0.0886. The quantitative estimate of drug-likeness (QED) is 0.711. The molecule has 1 saturated carbocycles. The molecule has 6 nitrogen and oxygen atoms in total. The highest BCUT2D eigenvalue weighted by molar-refractivity contribution is 5.95. The first kappa shape index (κ1) is 18.1. The van der Waals surface area contributed by atoms with Crippen molar-refractivity contribution in [2.75, 3.05) is 7.11 Å². The first-order valence-electron chi connectivity index (χ1n) is 9.36. The molecule has 1 unspecified atom stereocenters. The van der Waals surface area contributed by atoms with E-state index in [9.17, 15) is 4.79 Å². The summed E-state index contributed by atoms with van der Waals surface area (Å²) in [5.74, 6) is 0.844. The number of pyridine rings is 1. The summed E-state index contributed by atoms with van der Waals surface area (Å²) in [6.45, 7) is 2.04. The van der Waals surface area contributed by atoms with E-state index in [0.29, 0.717) is 17.4 Å². The van der Waals surface area contributed by atoms with Crippen LogP contribution in [0.1, 0.15) is 40.5 Å². The number of rotatable bonds is 6. The summed E-state index contributed by atoms with van der Waals surface area (Å²) in [6, 6.07) is 14.9. The zero-order valence-corrected chi connectivity index (χ0v) is 15.9. The molecule has 2 heterocycles. The van der Waals surface area contributed by atoms with Crippen LogP contribution in [0.3, 0.4) is 0 Å². The fraction of sp³-hybridized carbons (Fsp3) is 0.273. The van der Waals surface area contributed by atoms with Crippen molar-refractivity contribution in [2.24, 2.45) is 5.92 Å². The van der Waals surface area contributed by atoms with Crippen LogP contribution in [0.4, 0.5) is 0 Å². The standard InChI is InChI=1S/C22H22N4O2/c1-14-4-3-13-23-20(14)21(16-7-8-16)24-22(27)17-9-5-15(6-10-17)18-11-12-19(28-2)26-25-18/h3-6,9-13,16,21H,7-8H2,1-2H3,(H,24,27). The molecule has 1 aromatic carbocycles. The zero-order valence-electron chi connectivity index (χ0n) is 15.9. The number of amides is 1. The number of nitrogens with one attached hydrogen (secondary N) is 1. The Labute approximate surface area is 164 Å². The van der Waals surface area contributed by atoms with Gasteiger partial charge in [-0.3, -0.25) is 9.78 Å². The van der Waals surface area contributed by atoms with Crippen LogP contribution in [-0.2, 0) is 0 Å². The van der Waals surface area contributed by atoms with Crippen molar-refractivity contribution in [3.8, 4) is 17.1 Å². The molecular formula is C22H22N4O2. The second kappa shape index (κ2) is 7.76. The van der Waals surface area contributed by atoms with Crippen LogP contribution < -0.4 is 10.1 Å². The molecule has 4 rings (SSSR count). The third-order valence-electron chi connectivity index (χ3n) is 5.02. The van der Waals surface area contributed by atoms with Crippen molar-refractivity contribution in [3.63, 3.8) is 0 Å². The Balaban J connectivity index is 1.50. The Morgan fingerprint density at radius 3 is 2.50 bits per heavy atom. The maximum Gasteiger partial charge on any atom is 0.251 e. The second-order valence-electron chi connectivity index (χ2n) is 7.03. The van der Waals surface area contributed by atoms with E-state index >= 15 is 0 Å². The summed E-state index contributed by atoms with van der Waals surface area (Å²) in [5.41, 5.74) is 4.31. The molecular weight excluding hydrogens is 352 g/mol. The van der Waals surface area contributed by atoms with Crippen molar-refractivity contribution in [1.82, 2.24) is 20.5 Å². The Bertz CT molecular complexity index is 967. The first-order chi connectivity index (χ1) is 13.7. The smallest absolute Gasteiger partial charge is 0.251 e. The van der Waals surface area contributed by atoms with Gasteiger partial charge in [-0.15, -0.1) is 10.2 Å². The van der Waals surface area contributed by atoms with Crippen LogP contribution in [0.25, 0.3) is 11.3 Å². The molecule has 1 amide bonds. The van der Waals surface area contributed by atoms with Crippen LogP contribution in [0, 0.1) is 12.8 Å². The van der Waals surface area contributed by atoms with Gasteiger partial charge < -0.3 is 10.1 Å². The number of hydrogen-bond acceptors (Lipinski definition) is 5. The number of methoxy groups -OCH3 is 1. The third kappa shape index (κ3) is 3.86. The Morgan fingerprint density at radius 1 is 1.11 bits per heavy atom. The van der Waals surface area contributed by atoms with Crippen LogP contribution in [-0.4, -0.2) is 28.2 Å². The molecule has 28 heavy (non-hydrogen) atoms. The van der Waals surface area contributed by atoms with E-state index in [2.05, 4.69) is 20.5 Å². The second-order valence-corrected chi connectivity index (χ2v) is 7.03. The number of ether oxygens (including phenoxy) is 1. The molecule has 0 saturated heterocycles. The highest BCUT2D eigenvalue weighted by Gasteiger charge is 2.35. The van der Waals surface area contributed by atoms with Gasteiger partial charge in [0.15, 0.2) is 0 Å². The molecule has 1 aliphatic carbocycles. The average Bonchev–Trinajstić information content (AvgIpc) is 3.58. The summed E-state index contributed by atoms with van der Waals surface area (Å²) in [5, 5.41) is 11.3. The predicted molar refractivity (Wildman–Crippen MR) is 106 cm³/mol. The lowest BCUT2D eigenvalue weighted by molar-refractivity contribution is 0.0930. The molecule has 1 fully saturated rings. The highest BCUT2D eigenvalue weighted by atomic mass is 16.5. The predicted octanol–water partition coefficient (Wildman–Crippen LogP) is 3.74. The van der Waals surface area contributed by atoms with Crippen molar-refractivity contribution in [2.45, 2.75) is 25.8 Å². The number of hydrogen-bond donors (Lipinski definition) is 1. The molecule has 0 aliphatic heterocycles. The molecule has 1 atom stereocenters. The van der Waals surface area contributed by atoms with Gasteiger partial charge in [-0.25, -0.2) is 0 Å². The van der Waals surface area contributed by atoms with Crippen LogP contribution in [0.15, 0.2) is 54.7 Å². The number of aromatic nitrogens is 3. The lowest BCUT2D eigenvalue weighted by Crippen LogP contribution is -2.31. The van der Waals surface area contributed by atoms with Crippen LogP contribution >= 0.6 is 0 Å². The minimum Gasteiger partial charge on any atom is -0.480 e. The molecule has 1 aliphatic rings. The number of aryl methyl sites for hydroxylation is 1. The Morgan fingerprint density at radius 2 is 1.89 bits per heavy atom. The summed E-state index contributed by atoms with van der Waals surface area (Å²) in [7, 11) is 1.55. The van der Waals surface area contributed by atoms with Gasteiger partial charge in [0, 0.05) is 23.4 Å². The molecule has 0 spiro atoms. The minimum absolute atomic E-state index is 0.0409. The normalized spacial score (nSPS) is 14.4. The fourth-order valence-corrected chi connectivity index (χ4v) is 3.26. The number of carbonyl (C=O) groups excluding carboxylic acids is 1. The van der Waals surface area contributed by atoms with Gasteiger partial charge >= 0.3 is 0 Å². The number of carbonyl (C=O) groups is 1. The number of nitrogens with zero attached hydrogens (tertiary/aromatic N) is 3. The van der Waals surface area contributed by atoms with Crippen molar-refractivity contribution >= 4 is 5.91 Å². The maximum absolute atomic E-state index is 12.8. The van der Waals surface area contributed by atoms with Gasteiger partial charge in [0.1, 0.15) is 0 Å². The zero-order chi connectivity index (χ0) is 19.5. The van der Waals surface area contributed by atoms with Crippen molar-refractivity contribution < 1.29 is 9.53 Å². The SMILES string of the molecule is COc1ccc(-c2ccc(C(=O)NC(c3ncccc3C)C3CC3)cc2)nn1. The molecule has 142 valence electrons. The van der Waals surface area contributed by atoms with Crippen molar-refractivity contribution in [3.05, 3.63) is 71.5 Å². The highest BCUT2D eigenvalue weighted by Crippen LogP contribution is 2.41. The van der Waals surface area contributed by atoms with Crippen LogP contribution in [0.2, 0.25) is 0 Å². The van der Waals surface area contributed by atoms with E-state index in [-0.39, 0.29) is 11.9 Å². The van der Waals surface area contributed by atoms with Crippen molar-refractivity contribution in [1.29, 1.82) is 0 Å². The lowest BCUT2D eigenvalue weighted by Gasteiger charge is -2.19. The molecule has 0 radical (unpaired) electrons. The Hall–Kier alpha value is -3.28. The van der Waals surface area contributed by atoms with E-state index in [1.807, 2.05) is 49.4 Å². The topological polar surface area (TPSA) is 77.0 Å². The van der Waals surface area contributed by atoms with Gasteiger partial charge in [-0.1, -0.05) is 18.2 Å². The van der Waals surface area contributed by atoms with Gasteiger partial charge in [-0.05, 0) is 55.5 Å². The van der Waals surface area contributed by atoms with E-state index in [0.717, 1.165) is 35.4 Å². The Kier molecular flexibility index (Phi) is 5.02. The molecule has 1 N–H and O–H groups in total. The molecule has 2 aromatic heterocycles. The average molecular weight is 374 g/mol. The van der Waals surface area contributed by atoms with E-state index in [4.69, 9.17) is 4.74 Å². The summed E-state index contributed by atoms with van der Waals surface area (Å²) in [6.07, 6.45) is 4.03. The van der Waals surface area contributed by atoms with Gasteiger partial charge in [0.25, 0.3) is 5.91 Å². The largest absolute Gasteiger partial charge is 0.480 e. The summed E-state index contributed by atoms with van der Waals surface area (Å²) >= 11 is 0. The van der Waals surface area contributed by atoms with Crippen LogP contribution in [0.5, 0.6) is 5.88 Å². The van der Waals surface area contributed by atoms with Gasteiger partial charge in [-0.2, -0.15) is 0 Å². The molecule has 0 bridgehead atoms. The fourth-order valence-electron chi connectivity index (χ4n) is 3.26. The van der Waals surface area contributed by atoms with E-state index in [1.54, 1.807) is 19.4 Å². The number of benzene rings is 1. The van der Waals surface area contributed by atoms with E-state index < -0.39 is 0 Å². The molecule has 6 heteroatoms. The summed E-state index contributed by atoms with van der Waals surface area (Å²) in [4.78, 5) is 17.3. The summed E-state index contributed by atoms with van der Waals surface area (Å²) < 4.78 is 5.03. The molecule has 3 aromatic rings. The third-order valence-corrected chi connectivity index (χ3v) is 5.02. The maximum atomic E-state index is 12.8. The monoisotopic (exact) mass is 374 g/mol. The van der Waals surface area contributed by atoms with Gasteiger partial charge in [0.05, 0.1) is 24.5 Å². The first-order valence-corrected chi connectivity index (χ1v) is 9.36. The van der Waals surface area contributed by atoms with Gasteiger partial charge in [0.2, 0.25) is 5.88 Å². The lowest BCUT2D eigenvalue weighted by atomic mass is 10.0. The van der Waals surface area contributed by atoms with E-state index in [1.165, 1.54) is 0 Å².